The van der Waals surface area contributed by atoms with Gasteiger partial charge in [-0.05, 0) is 38.3 Å². The number of morpholine rings is 1. The van der Waals surface area contributed by atoms with Crippen LogP contribution in [0.3, 0.4) is 0 Å². The first-order chi connectivity index (χ1) is 9.99. The van der Waals surface area contributed by atoms with Gasteiger partial charge in [0.1, 0.15) is 6.10 Å². The SMILES string of the molecule is Cc1ccccc1C1CN(C(=O)CCC(C)N)C(C)CO1.Cl. The molecule has 0 saturated carbocycles. The van der Waals surface area contributed by atoms with E-state index >= 15 is 0 Å². The van der Waals surface area contributed by atoms with Crippen molar-refractivity contribution in [2.24, 2.45) is 5.73 Å². The predicted octanol–water partition coefficient (Wildman–Crippen LogP) is 2.83. The molecule has 1 heterocycles. The molecule has 0 aliphatic carbocycles. The van der Waals surface area contributed by atoms with Crippen LogP contribution < -0.4 is 5.73 Å². The normalized spacial score (nSPS) is 22.8. The predicted molar refractivity (Wildman–Crippen MR) is 91.2 cm³/mol. The molecule has 0 radical (unpaired) electrons. The summed E-state index contributed by atoms with van der Waals surface area (Å²) in [6.07, 6.45) is 1.22. The highest BCUT2D eigenvalue weighted by molar-refractivity contribution is 5.85. The molecule has 3 unspecified atom stereocenters. The Labute approximate surface area is 139 Å². The molecule has 0 aromatic heterocycles. The van der Waals surface area contributed by atoms with Crippen molar-refractivity contribution in [1.82, 2.24) is 4.90 Å². The summed E-state index contributed by atoms with van der Waals surface area (Å²) in [7, 11) is 0. The lowest BCUT2D eigenvalue weighted by molar-refractivity contribution is -0.144. The fraction of sp³-hybridized carbons (Fsp3) is 0.588. The molecule has 1 aromatic carbocycles. The Kier molecular flexibility index (Phi) is 7.33. The van der Waals surface area contributed by atoms with E-state index in [1.807, 2.05) is 30.9 Å². The van der Waals surface area contributed by atoms with Gasteiger partial charge < -0.3 is 15.4 Å². The van der Waals surface area contributed by atoms with Crippen molar-refractivity contribution in [3.05, 3.63) is 35.4 Å². The topological polar surface area (TPSA) is 55.6 Å². The fourth-order valence-corrected chi connectivity index (χ4v) is 2.74. The highest BCUT2D eigenvalue weighted by Crippen LogP contribution is 2.27. The van der Waals surface area contributed by atoms with E-state index in [2.05, 4.69) is 19.1 Å². The standard InChI is InChI=1S/C17H26N2O2.ClH/c1-12-6-4-5-7-15(12)16-10-19(14(3)11-21-16)17(20)9-8-13(2)18;/h4-7,13-14,16H,8-11,18H2,1-3H3;1H. The summed E-state index contributed by atoms with van der Waals surface area (Å²) in [5, 5.41) is 0. The maximum Gasteiger partial charge on any atom is 0.223 e. The molecule has 0 spiro atoms. The Balaban J connectivity index is 0.00000242. The zero-order valence-corrected chi connectivity index (χ0v) is 14.4. The maximum absolute atomic E-state index is 12.4. The number of carbonyl (C=O) groups is 1. The molecule has 1 aliphatic heterocycles. The first-order valence-corrected chi connectivity index (χ1v) is 7.71. The minimum absolute atomic E-state index is 0. The fourth-order valence-electron chi connectivity index (χ4n) is 2.74. The Morgan fingerprint density at radius 3 is 2.77 bits per heavy atom. The van der Waals surface area contributed by atoms with E-state index in [1.165, 1.54) is 11.1 Å². The second-order valence-electron chi connectivity index (χ2n) is 6.09. The number of hydrogen-bond donors (Lipinski definition) is 1. The van der Waals surface area contributed by atoms with Crippen LogP contribution in [0.5, 0.6) is 0 Å². The van der Waals surface area contributed by atoms with Crippen LogP contribution in [0.25, 0.3) is 0 Å². The quantitative estimate of drug-likeness (QED) is 0.925. The molecule has 1 saturated heterocycles. The van der Waals surface area contributed by atoms with E-state index in [-0.39, 0.29) is 36.5 Å². The molecule has 2 N–H and O–H groups in total. The van der Waals surface area contributed by atoms with Crippen molar-refractivity contribution in [1.29, 1.82) is 0 Å². The van der Waals surface area contributed by atoms with Gasteiger partial charge >= 0.3 is 0 Å². The van der Waals surface area contributed by atoms with Crippen molar-refractivity contribution >= 4 is 18.3 Å². The molecular formula is C17H27ClN2O2. The zero-order valence-electron chi connectivity index (χ0n) is 13.6. The minimum atomic E-state index is -0.0263. The number of ether oxygens (including phenoxy) is 1. The summed E-state index contributed by atoms with van der Waals surface area (Å²) < 4.78 is 5.94. The number of carbonyl (C=O) groups excluding carboxylic acids is 1. The average molecular weight is 327 g/mol. The Bertz CT molecular complexity index is 493. The van der Waals surface area contributed by atoms with Crippen molar-refractivity contribution in [3.63, 3.8) is 0 Å². The van der Waals surface area contributed by atoms with Gasteiger partial charge in [-0.3, -0.25) is 4.79 Å². The summed E-state index contributed by atoms with van der Waals surface area (Å²) in [6, 6.07) is 8.41. The van der Waals surface area contributed by atoms with Crippen LogP contribution in [0, 0.1) is 6.92 Å². The molecule has 3 atom stereocenters. The molecule has 4 nitrogen and oxygen atoms in total. The number of nitrogens with two attached hydrogens (primary N) is 1. The molecular weight excluding hydrogens is 300 g/mol. The van der Waals surface area contributed by atoms with Gasteiger partial charge in [0, 0.05) is 12.5 Å². The zero-order chi connectivity index (χ0) is 15.4. The van der Waals surface area contributed by atoms with E-state index < -0.39 is 0 Å². The van der Waals surface area contributed by atoms with Crippen LogP contribution in [-0.4, -0.2) is 36.0 Å². The first-order valence-electron chi connectivity index (χ1n) is 7.71. The van der Waals surface area contributed by atoms with Gasteiger partial charge in [-0.25, -0.2) is 0 Å². The number of amides is 1. The van der Waals surface area contributed by atoms with Crippen molar-refractivity contribution in [3.8, 4) is 0 Å². The van der Waals surface area contributed by atoms with Gasteiger partial charge in [-0.2, -0.15) is 0 Å². The monoisotopic (exact) mass is 326 g/mol. The lowest BCUT2D eigenvalue weighted by Gasteiger charge is -2.38. The second kappa shape index (κ2) is 8.51. The van der Waals surface area contributed by atoms with Gasteiger partial charge in [0.15, 0.2) is 0 Å². The lowest BCUT2D eigenvalue weighted by atomic mass is 10.0. The van der Waals surface area contributed by atoms with Gasteiger partial charge in [0.2, 0.25) is 5.91 Å². The van der Waals surface area contributed by atoms with Gasteiger partial charge in [-0.15, -0.1) is 12.4 Å². The lowest BCUT2D eigenvalue weighted by Crippen LogP contribution is -2.48. The van der Waals surface area contributed by atoms with Crippen LogP contribution in [0.2, 0.25) is 0 Å². The van der Waals surface area contributed by atoms with E-state index in [9.17, 15) is 4.79 Å². The average Bonchev–Trinajstić information content (AvgIpc) is 2.46. The number of rotatable bonds is 4. The molecule has 124 valence electrons. The molecule has 1 amide bonds. The Hall–Kier alpha value is -1.10. The molecule has 1 aliphatic rings. The third kappa shape index (κ3) is 4.70. The number of nitrogens with zero attached hydrogens (tertiary/aromatic N) is 1. The summed E-state index contributed by atoms with van der Waals surface area (Å²) in [5.74, 6) is 0.182. The third-order valence-corrected chi connectivity index (χ3v) is 4.10. The molecule has 0 bridgehead atoms. The van der Waals surface area contributed by atoms with Crippen LogP contribution in [-0.2, 0) is 9.53 Å². The van der Waals surface area contributed by atoms with Crippen molar-refractivity contribution < 1.29 is 9.53 Å². The van der Waals surface area contributed by atoms with E-state index in [0.29, 0.717) is 19.6 Å². The number of benzene rings is 1. The molecule has 2 rings (SSSR count). The Morgan fingerprint density at radius 1 is 1.45 bits per heavy atom. The van der Waals surface area contributed by atoms with E-state index in [4.69, 9.17) is 10.5 Å². The van der Waals surface area contributed by atoms with Gasteiger partial charge in [-0.1, -0.05) is 24.3 Å². The molecule has 1 aromatic rings. The number of halogens is 1. The van der Waals surface area contributed by atoms with Crippen LogP contribution in [0.4, 0.5) is 0 Å². The summed E-state index contributed by atoms with van der Waals surface area (Å²) in [5.41, 5.74) is 8.13. The van der Waals surface area contributed by atoms with Gasteiger partial charge in [0.25, 0.3) is 0 Å². The van der Waals surface area contributed by atoms with Crippen LogP contribution in [0.1, 0.15) is 43.9 Å². The summed E-state index contributed by atoms with van der Waals surface area (Å²) in [4.78, 5) is 14.3. The molecule has 22 heavy (non-hydrogen) atoms. The van der Waals surface area contributed by atoms with Crippen LogP contribution >= 0.6 is 12.4 Å². The van der Waals surface area contributed by atoms with Crippen molar-refractivity contribution in [2.75, 3.05) is 13.2 Å². The summed E-state index contributed by atoms with van der Waals surface area (Å²) in [6.45, 7) is 7.27. The summed E-state index contributed by atoms with van der Waals surface area (Å²) >= 11 is 0. The smallest absolute Gasteiger partial charge is 0.223 e. The van der Waals surface area contributed by atoms with Crippen molar-refractivity contribution in [2.45, 2.75) is 51.8 Å². The number of aryl methyl sites for hydroxylation is 1. The molecule has 1 fully saturated rings. The minimum Gasteiger partial charge on any atom is -0.370 e. The molecule has 5 heteroatoms. The van der Waals surface area contributed by atoms with Gasteiger partial charge in [0.05, 0.1) is 19.2 Å². The van der Waals surface area contributed by atoms with E-state index in [1.54, 1.807) is 0 Å². The largest absolute Gasteiger partial charge is 0.370 e. The first kappa shape index (κ1) is 18.9. The second-order valence-corrected chi connectivity index (χ2v) is 6.09. The van der Waals surface area contributed by atoms with E-state index in [0.717, 1.165) is 6.42 Å². The highest BCUT2D eigenvalue weighted by Gasteiger charge is 2.30. The maximum atomic E-state index is 12.4. The number of hydrogen-bond acceptors (Lipinski definition) is 3. The third-order valence-electron chi connectivity index (χ3n) is 4.10. The highest BCUT2D eigenvalue weighted by atomic mass is 35.5. The Morgan fingerprint density at radius 2 is 2.14 bits per heavy atom. The van der Waals surface area contributed by atoms with Crippen LogP contribution in [0.15, 0.2) is 24.3 Å².